The molecule has 0 atom stereocenters. The van der Waals surface area contributed by atoms with Crippen LogP contribution in [0.4, 0.5) is 5.82 Å². The van der Waals surface area contributed by atoms with Crippen LogP contribution in [0.1, 0.15) is 30.4 Å². The maximum absolute atomic E-state index is 5.32. The summed E-state index contributed by atoms with van der Waals surface area (Å²) in [6, 6.07) is 19.0. The van der Waals surface area contributed by atoms with Crippen LogP contribution in [0.25, 0.3) is 22.3 Å². The number of rotatable bonds is 7. The smallest absolute Gasteiger partial charge is 0.143 e. The number of nitrogens with zero attached hydrogens (tertiary/aromatic N) is 3. The van der Waals surface area contributed by atoms with E-state index in [1.807, 2.05) is 18.2 Å². The summed E-state index contributed by atoms with van der Waals surface area (Å²) in [7, 11) is 1.68. The minimum Gasteiger partial charge on any atom is -0.497 e. The highest BCUT2D eigenvalue weighted by Crippen LogP contribution is 2.28. The molecule has 32 heavy (non-hydrogen) atoms. The van der Waals surface area contributed by atoms with Crippen molar-refractivity contribution >= 4 is 16.9 Å². The van der Waals surface area contributed by atoms with Crippen molar-refractivity contribution in [3.63, 3.8) is 0 Å². The van der Waals surface area contributed by atoms with Crippen molar-refractivity contribution < 1.29 is 4.74 Å². The van der Waals surface area contributed by atoms with Crippen LogP contribution in [-0.4, -0.2) is 40.1 Å². The molecule has 0 aliphatic carbocycles. The number of aromatic nitrogens is 3. The van der Waals surface area contributed by atoms with Gasteiger partial charge in [0.2, 0.25) is 0 Å². The molecule has 0 spiro atoms. The van der Waals surface area contributed by atoms with E-state index < -0.39 is 0 Å². The second-order valence-electron chi connectivity index (χ2n) is 8.41. The number of ether oxygens (including phenoxy) is 1. The number of likely N-dealkylation sites (tertiary alicyclic amines) is 1. The number of methoxy groups -OCH3 is 1. The van der Waals surface area contributed by atoms with Gasteiger partial charge >= 0.3 is 0 Å². The summed E-state index contributed by atoms with van der Waals surface area (Å²) < 4.78 is 5.32. The van der Waals surface area contributed by atoms with Gasteiger partial charge in [-0.25, -0.2) is 9.97 Å². The number of anilines is 1. The van der Waals surface area contributed by atoms with Gasteiger partial charge in [0.15, 0.2) is 0 Å². The Balaban J connectivity index is 1.32. The standard InChI is InChI=1S/C26H29N5O/c1-32-22-7-5-6-20(14-22)16-27-25-23-15-24(30-26(23)29-18-28-25)21-10-8-19(9-11-21)17-31-12-3-2-4-13-31/h5-11,14-15,18H,2-4,12-13,16-17H2,1H3,(H2,27,28,29,30). The molecule has 3 heterocycles. The number of benzene rings is 2. The van der Waals surface area contributed by atoms with E-state index in [2.05, 4.69) is 61.6 Å². The van der Waals surface area contributed by atoms with Gasteiger partial charge in [-0.05, 0) is 60.8 Å². The highest BCUT2D eigenvalue weighted by molar-refractivity contribution is 5.91. The Labute approximate surface area is 188 Å². The first-order chi connectivity index (χ1) is 15.8. The maximum atomic E-state index is 5.32. The van der Waals surface area contributed by atoms with Gasteiger partial charge < -0.3 is 15.0 Å². The van der Waals surface area contributed by atoms with E-state index in [4.69, 9.17) is 4.74 Å². The highest BCUT2D eigenvalue weighted by atomic mass is 16.5. The van der Waals surface area contributed by atoms with Crippen molar-refractivity contribution in [3.8, 4) is 17.0 Å². The first-order valence-corrected chi connectivity index (χ1v) is 11.3. The van der Waals surface area contributed by atoms with Gasteiger partial charge in [0.05, 0.1) is 12.5 Å². The van der Waals surface area contributed by atoms with Crippen molar-refractivity contribution in [1.82, 2.24) is 19.9 Å². The predicted molar refractivity (Wildman–Crippen MR) is 129 cm³/mol. The molecule has 1 aliphatic rings. The lowest BCUT2D eigenvalue weighted by Gasteiger charge is -2.26. The molecule has 0 bridgehead atoms. The Kier molecular flexibility index (Phi) is 6.03. The fourth-order valence-electron chi connectivity index (χ4n) is 4.37. The monoisotopic (exact) mass is 427 g/mol. The number of hydrogen-bond acceptors (Lipinski definition) is 5. The zero-order chi connectivity index (χ0) is 21.8. The van der Waals surface area contributed by atoms with Gasteiger partial charge in [-0.15, -0.1) is 0 Å². The molecule has 5 rings (SSSR count). The maximum Gasteiger partial charge on any atom is 0.143 e. The third-order valence-electron chi connectivity index (χ3n) is 6.14. The van der Waals surface area contributed by atoms with Crippen LogP contribution < -0.4 is 10.1 Å². The summed E-state index contributed by atoms with van der Waals surface area (Å²) in [6.07, 6.45) is 5.61. The van der Waals surface area contributed by atoms with Crippen LogP contribution in [0.15, 0.2) is 60.9 Å². The third kappa shape index (κ3) is 4.60. The number of fused-ring (bicyclic) bond motifs is 1. The number of piperidine rings is 1. The van der Waals surface area contributed by atoms with E-state index in [1.165, 1.54) is 37.9 Å². The zero-order valence-corrected chi connectivity index (χ0v) is 18.5. The minimum absolute atomic E-state index is 0.662. The fourth-order valence-corrected chi connectivity index (χ4v) is 4.37. The van der Waals surface area contributed by atoms with Crippen LogP contribution >= 0.6 is 0 Å². The molecule has 6 nitrogen and oxygen atoms in total. The Hall–Kier alpha value is -3.38. The van der Waals surface area contributed by atoms with E-state index in [9.17, 15) is 0 Å². The van der Waals surface area contributed by atoms with Gasteiger partial charge in [-0.1, -0.05) is 42.8 Å². The van der Waals surface area contributed by atoms with Gasteiger partial charge in [0.1, 0.15) is 23.5 Å². The number of hydrogen-bond donors (Lipinski definition) is 2. The molecule has 0 saturated carbocycles. The summed E-state index contributed by atoms with van der Waals surface area (Å²) >= 11 is 0. The normalized spacial score (nSPS) is 14.5. The van der Waals surface area contributed by atoms with E-state index >= 15 is 0 Å². The predicted octanol–water partition coefficient (Wildman–Crippen LogP) is 5.23. The fraction of sp³-hybridized carbons (Fsp3) is 0.308. The number of aromatic amines is 1. The molecule has 2 aromatic carbocycles. The lowest BCUT2D eigenvalue weighted by atomic mass is 10.1. The molecular formula is C26H29N5O. The second-order valence-corrected chi connectivity index (χ2v) is 8.41. The Morgan fingerprint density at radius 1 is 0.969 bits per heavy atom. The summed E-state index contributed by atoms with van der Waals surface area (Å²) in [5, 5.41) is 4.43. The SMILES string of the molecule is COc1cccc(CNc2ncnc3[nH]c(-c4ccc(CN5CCCCC5)cc4)cc23)c1. The van der Waals surface area contributed by atoms with Crippen molar-refractivity contribution in [1.29, 1.82) is 0 Å². The lowest BCUT2D eigenvalue weighted by Crippen LogP contribution is -2.28. The topological polar surface area (TPSA) is 66.1 Å². The highest BCUT2D eigenvalue weighted by Gasteiger charge is 2.12. The molecule has 1 fully saturated rings. The van der Waals surface area contributed by atoms with Crippen molar-refractivity contribution in [2.75, 3.05) is 25.5 Å². The minimum atomic E-state index is 0.662. The van der Waals surface area contributed by atoms with Gasteiger partial charge in [0.25, 0.3) is 0 Å². The molecule has 0 unspecified atom stereocenters. The molecule has 2 aromatic heterocycles. The molecule has 6 heteroatoms. The molecule has 2 N–H and O–H groups in total. The van der Waals surface area contributed by atoms with E-state index in [1.54, 1.807) is 13.4 Å². The van der Waals surface area contributed by atoms with Crippen molar-refractivity contribution in [3.05, 3.63) is 72.1 Å². The number of nitrogens with one attached hydrogen (secondary N) is 2. The summed E-state index contributed by atoms with van der Waals surface area (Å²) in [6.45, 7) is 4.13. The van der Waals surface area contributed by atoms with Gasteiger partial charge in [0, 0.05) is 18.8 Å². The average molecular weight is 428 g/mol. The molecule has 0 radical (unpaired) electrons. The Morgan fingerprint density at radius 3 is 2.62 bits per heavy atom. The van der Waals surface area contributed by atoms with Gasteiger partial charge in [-0.2, -0.15) is 0 Å². The van der Waals surface area contributed by atoms with Gasteiger partial charge in [-0.3, -0.25) is 4.90 Å². The Morgan fingerprint density at radius 2 is 1.81 bits per heavy atom. The van der Waals surface area contributed by atoms with Crippen LogP contribution in [-0.2, 0) is 13.1 Å². The lowest BCUT2D eigenvalue weighted by molar-refractivity contribution is 0.221. The first-order valence-electron chi connectivity index (χ1n) is 11.3. The summed E-state index contributed by atoms with van der Waals surface area (Å²) in [4.78, 5) is 14.9. The van der Waals surface area contributed by atoms with Crippen LogP contribution in [0.3, 0.4) is 0 Å². The molecule has 1 saturated heterocycles. The molecule has 0 amide bonds. The van der Waals surface area contributed by atoms with Crippen molar-refractivity contribution in [2.45, 2.75) is 32.4 Å². The Bertz CT molecular complexity index is 1180. The largest absolute Gasteiger partial charge is 0.497 e. The molecular weight excluding hydrogens is 398 g/mol. The van der Waals surface area contributed by atoms with Crippen molar-refractivity contribution in [2.24, 2.45) is 0 Å². The quantitative estimate of drug-likeness (QED) is 0.423. The molecule has 164 valence electrons. The molecule has 1 aliphatic heterocycles. The number of H-pyrrole nitrogens is 1. The van der Waals surface area contributed by atoms with E-state index in [0.29, 0.717) is 6.54 Å². The summed E-state index contributed by atoms with van der Waals surface area (Å²) in [5.41, 5.74) is 5.54. The molecule has 4 aromatic rings. The third-order valence-corrected chi connectivity index (χ3v) is 6.14. The zero-order valence-electron chi connectivity index (χ0n) is 18.5. The van der Waals surface area contributed by atoms with E-state index in [0.717, 1.165) is 46.0 Å². The second kappa shape index (κ2) is 9.40. The van der Waals surface area contributed by atoms with E-state index in [-0.39, 0.29) is 0 Å². The summed E-state index contributed by atoms with van der Waals surface area (Å²) in [5.74, 6) is 1.67. The average Bonchev–Trinajstić information content (AvgIpc) is 3.29. The van der Waals surface area contributed by atoms with Crippen LogP contribution in [0.2, 0.25) is 0 Å². The van der Waals surface area contributed by atoms with Crippen LogP contribution in [0.5, 0.6) is 5.75 Å². The van der Waals surface area contributed by atoms with Crippen LogP contribution in [0, 0.1) is 0 Å². The first kappa shape index (κ1) is 20.5.